The smallest absolute Gasteiger partial charge is 0.417 e. The molecule has 0 unspecified atom stereocenters. The van der Waals surface area contributed by atoms with E-state index in [1.807, 2.05) is 60.7 Å². The van der Waals surface area contributed by atoms with Crippen LogP contribution in [0.25, 0.3) is 0 Å². The molecule has 2 aromatic carbocycles. The molecule has 2 aliphatic carbocycles. The topological polar surface area (TPSA) is 123 Å². The predicted molar refractivity (Wildman–Crippen MR) is 192 cm³/mol. The van der Waals surface area contributed by atoms with E-state index >= 15 is 0 Å². The van der Waals surface area contributed by atoms with Crippen LogP contribution in [-0.2, 0) is 36.3 Å². The first kappa shape index (κ1) is 37.7. The molecule has 2 aromatic rings. The average Bonchev–Trinajstić information content (AvgIpc) is 4.03. The van der Waals surface area contributed by atoms with Crippen molar-refractivity contribution in [1.29, 1.82) is 0 Å². The molecule has 2 heterocycles. The quantitative estimate of drug-likeness (QED) is 0.224. The van der Waals surface area contributed by atoms with Crippen molar-refractivity contribution in [2.75, 3.05) is 13.2 Å². The lowest BCUT2D eigenvalue weighted by atomic mass is 10.1. The zero-order valence-electron chi connectivity index (χ0n) is 30.3. The van der Waals surface area contributed by atoms with E-state index in [0.29, 0.717) is 29.5 Å². The number of cyclic esters (lactones) is 2. The van der Waals surface area contributed by atoms with Crippen molar-refractivity contribution in [3.63, 3.8) is 0 Å². The molecule has 2 saturated carbocycles. The molecule has 1 N–H and O–H groups in total. The number of benzene rings is 2. The van der Waals surface area contributed by atoms with Crippen LogP contribution in [0.2, 0.25) is 16.6 Å². The van der Waals surface area contributed by atoms with Crippen molar-refractivity contribution < 1.29 is 38.2 Å². The summed E-state index contributed by atoms with van der Waals surface area (Å²) in [6.45, 7) is 13.8. The number of hydrogen-bond acceptors (Lipinski definition) is 8. The molecule has 0 aromatic heterocycles. The van der Waals surface area contributed by atoms with Crippen LogP contribution < -0.4 is 0 Å². The Balaban J connectivity index is 0.000000210. The maximum atomic E-state index is 13.7. The van der Waals surface area contributed by atoms with Gasteiger partial charge in [-0.2, -0.15) is 0 Å². The van der Waals surface area contributed by atoms with Crippen LogP contribution in [0.5, 0.6) is 0 Å². The Morgan fingerprint density at radius 3 is 1.48 bits per heavy atom. The van der Waals surface area contributed by atoms with Crippen LogP contribution in [0.4, 0.5) is 9.59 Å². The van der Waals surface area contributed by atoms with Gasteiger partial charge in [-0.05, 0) is 78.1 Å². The van der Waals surface area contributed by atoms with Gasteiger partial charge in [0.25, 0.3) is 11.8 Å². The Labute approximate surface area is 297 Å². The lowest BCUT2D eigenvalue weighted by molar-refractivity contribution is -0.139. The third kappa shape index (κ3) is 8.49. The summed E-state index contributed by atoms with van der Waals surface area (Å²) in [5, 5.41) is 9.92. The van der Waals surface area contributed by atoms with Crippen LogP contribution in [-0.4, -0.2) is 84.7 Å². The van der Waals surface area contributed by atoms with Crippen LogP contribution >= 0.6 is 0 Å². The summed E-state index contributed by atoms with van der Waals surface area (Å²) in [7, 11) is -2.24. The number of aliphatic hydroxyl groups is 1. The van der Waals surface area contributed by atoms with E-state index in [2.05, 4.69) is 41.5 Å². The second-order valence-electron chi connectivity index (χ2n) is 15.2. The van der Waals surface area contributed by atoms with Gasteiger partial charge in [0.05, 0.1) is 12.1 Å². The predicted octanol–water partition coefficient (Wildman–Crippen LogP) is 6.89. The second-order valence-corrected chi connectivity index (χ2v) is 20.6. The first-order chi connectivity index (χ1) is 23.8. The van der Waals surface area contributed by atoms with Crippen molar-refractivity contribution in [1.82, 2.24) is 9.80 Å². The molecule has 0 spiro atoms. The van der Waals surface area contributed by atoms with Crippen LogP contribution in [0.3, 0.4) is 0 Å². The van der Waals surface area contributed by atoms with Crippen molar-refractivity contribution in [2.45, 2.75) is 121 Å². The number of imide groups is 2. The number of amides is 4. The number of aliphatic hydroxyl groups excluding tert-OH is 1. The number of carbonyl (C=O) groups is 4. The zero-order valence-corrected chi connectivity index (χ0v) is 31.3. The molecule has 4 fully saturated rings. The number of rotatable bonds is 13. The van der Waals surface area contributed by atoms with Gasteiger partial charge >= 0.3 is 12.2 Å². The Morgan fingerprint density at radius 2 is 1.10 bits per heavy atom. The van der Waals surface area contributed by atoms with Gasteiger partial charge in [0.1, 0.15) is 25.4 Å². The van der Waals surface area contributed by atoms with Gasteiger partial charge in [0.2, 0.25) is 8.32 Å². The lowest BCUT2D eigenvalue weighted by Gasteiger charge is -2.44. The minimum absolute atomic E-state index is 0.00766. The monoisotopic (exact) mass is 706 g/mol. The molecule has 4 amide bonds. The average molecular weight is 707 g/mol. The van der Waals surface area contributed by atoms with Gasteiger partial charge in [-0.15, -0.1) is 0 Å². The van der Waals surface area contributed by atoms with E-state index in [0.717, 1.165) is 41.7 Å². The molecule has 2 aliphatic heterocycles. The summed E-state index contributed by atoms with van der Waals surface area (Å²) >= 11 is 0. The molecule has 4 aliphatic rings. The van der Waals surface area contributed by atoms with Gasteiger partial charge in [0.15, 0.2) is 0 Å². The van der Waals surface area contributed by atoms with Crippen molar-refractivity contribution in [3.8, 4) is 0 Å². The van der Waals surface area contributed by atoms with Crippen molar-refractivity contribution in [2.24, 2.45) is 11.8 Å². The summed E-state index contributed by atoms with van der Waals surface area (Å²) in [5.74, 6) is -0.490. The molecule has 50 heavy (non-hydrogen) atoms. The highest BCUT2D eigenvalue weighted by Gasteiger charge is 2.53. The highest BCUT2D eigenvalue weighted by molar-refractivity contribution is 6.77. The molecule has 0 radical (unpaired) electrons. The first-order valence-corrected chi connectivity index (χ1v) is 20.4. The summed E-state index contributed by atoms with van der Waals surface area (Å²) in [4.78, 5) is 52.7. The van der Waals surface area contributed by atoms with Crippen molar-refractivity contribution >= 4 is 32.3 Å². The van der Waals surface area contributed by atoms with E-state index in [1.54, 1.807) is 0 Å². The van der Waals surface area contributed by atoms with E-state index < -0.39 is 38.6 Å². The SMILES string of the molecule is CC(C)[Si](O[C@H](C(=O)N1C(=O)OC[C@@H]1Cc1ccccc1)C1CC1)(C(C)C)C(C)C.O=C1OC[C@H](Cc2ccccc2)N1C(=O)[C@@H](O)C1CC1. The number of hydrogen-bond donors (Lipinski definition) is 1. The largest absolute Gasteiger partial charge is 0.447 e. The summed E-state index contributed by atoms with van der Waals surface area (Å²) in [6, 6.07) is 19.0. The van der Waals surface area contributed by atoms with Gasteiger partial charge < -0.3 is 19.0 Å². The van der Waals surface area contributed by atoms with E-state index in [-0.39, 0.29) is 43.0 Å². The van der Waals surface area contributed by atoms with Crippen molar-refractivity contribution in [3.05, 3.63) is 71.8 Å². The lowest BCUT2D eigenvalue weighted by Crippen LogP contribution is -2.55. The molecule has 10 nitrogen and oxygen atoms in total. The maximum absolute atomic E-state index is 13.7. The van der Waals surface area contributed by atoms with Crippen LogP contribution in [0, 0.1) is 11.8 Å². The van der Waals surface area contributed by atoms with Crippen LogP contribution in [0.15, 0.2) is 60.7 Å². The summed E-state index contributed by atoms with van der Waals surface area (Å²) < 4.78 is 17.2. The summed E-state index contributed by atoms with van der Waals surface area (Å²) in [6.07, 6.45) is 2.05. The molecule has 0 bridgehead atoms. The third-order valence-electron chi connectivity index (χ3n) is 10.7. The molecular weight excluding hydrogens is 653 g/mol. The molecule has 272 valence electrons. The fourth-order valence-corrected chi connectivity index (χ4v) is 13.4. The fraction of sp³-hybridized carbons (Fsp3) is 0.590. The second kappa shape index (κ2) is 16.2. The minimum Gasteiger partial charge on any atom is -0.447 e. The highest BCUT2D eigenvalue weighted by Crippen LogP contribution is 2.47. The molecule has 11 heteroatoms. The Kier molecular flexibility index (Phi) is 12.2. The standard InChI is InChI=1S/C24H37NO4Si.C15H17NO4/c1-16(2)30(17(3)4,18(5)6)29-22(20-12-13-20)23(26)25-21(15-28-24(25)27)14-19-10-8-7-9-11-19;17-13(11-6-7-11)14(18)16-12(9-20-15(16)19)8-10-4-2-1-3-5-10/h7-11,16-18,20-22H,12-15H2,1-6H3;1-5,11-13,17H,6-9H2/t21-,22-;12-,13-/m00/s1. The van der Waals surface area contributed by atoms with E-state index in [4.69, 9.17) is 13.9 Å². The molecular formula is C39H54N2O8Si. The third-order valence-corrected chi connectivity index (χ3v) is 16.8. The highest BCUT2D eigenvalue weighted by atomic mass is 28.4. The Hall–Kier alpha value is -3.54. The normalized spacial score (nSPS) is 22.0. The Morgan fingerprint density at radius 1 is 0.700 bits per heavy atom. The van der Waals surface area contributed by atoms with Crippen LogP contribution in [0.1, 0.15) is 78.4 Å². The summed E-state index contributed by atoms with van der Waals surface area (Å²) in [5.41, 5.74) is 3.29. The van der Waals surface area contributed by atoms with E-state index in [1.165, 1.54) is 4.90 Å². The van der Waals surface area contributed by atoms with Gasteiger partial charge in [-0.3, -0.25) is 9.59 Å². The first-order valence-electron chi connectivity index (χ1n) is 18.3. The number of carbonyl (C=O) groups excluding carboxylic acids is 4. The Bertz CT molecular complexity index is 1460. The number of ether oxygens (including phenoxy) is 2. The molecule has 2 saturated heterocycles. The fourth-order valence-electron chi connectivity index (χ4n) is 7.80. The zero-order chi connectivity index (χ0) is 36.2. The van der Waals surface area contributed by atoms with Gasteiger partial charge in [0, 0.05) is 0 Å². The van der Waals surface area contributed by atoms with E-state index in [9.17, 15) is 24.3 Å². The molecule has 6 rings (SSSR count). The minimum atomic E-state index is -2.24. The number of nitrogens with zero attached hydrogens (tertiary/aromatic N) is 2. The van der Waals surface area contributed by atoms with Gasteiger partial charge in [-0.1, -0.05) is 102 Å². The maximum Gasteiger partial charge on any atom is 0.417 e. The molecule has 4 atom stereocenters. The van der Waals surface area contributed by atoms with Gasteiger partial charge in [-0.25, -0.2) is 19.4 Å².